The van der Waals surface area contributed by atoms with Crippen molar-refractivity contribution in [2.45, 2.75) is 6.54 Å². The van der Waals surface area contributed by atoms with Crippen LogP contribution in [0.25, 0.3) is 11.0 Å². The van der Waals surface area contributed by atoms with E-state index in [9.17, 15) is 4.79 Å². The monoisotopic (exact) mass is 365 g/mol. The number of imidazole rings is 1. The maximum absolute atomic E-state index is 12.4. The van der Waals surface area contributed by atoms with Gasteiger partial charge in [-0.3, -0.25) is 0 Å². The highest BCUT2D eigenvalue weighted by Gasteiger charge is 2.22. The Morgan fingerprint density at radius 3 is 2.56 bits per heavy atom. The molecule has 1 aromatic heterocycles. The molecule has 0 spiro atoms. The number of ether oxygens (including phenoxy) is 1. The summed E-state index contributed by atoms with van der Waals surface area (Å²) in [5.74, 6) is 1.68. The van der Waals surface area contributed by atoms with Crippen LogP contribution in [0, 0.1) is 0 Å². The summed E-state index contributed by atoms with van der Waals surface area (Å²) in [5.41, 5.74) is 3.05. The Kier molecular flexibility index (Phi) is 4.82. The minimum absolute atomic E-state index is 0.0323. The van der Waals surface area contributed by atoms with Crippen LogP contribution < -0.4 is 15.0 Å². The number of fused-ring (bicyclic) bond motifs is 1. The summed E-state index contributed by atoms with van der Waals surface area (Å²) in [6, 6.07) is 15.7. The first-order valence-electron chi connectivity index (χ1n) is 9.08. The van der Waals surface area contributed by atoms with Crippen LogP contribution in [0.2, 0.25) is 0 Å². The zero-order chi connectivity index (χ0) is 18.6. The van der Waals surface area contributed by atoms with Gasteiger partial charge < -0.3 is 24.8 Å². The van der Waals surface area contributed by atoms with E-state index >= 15 is 0 Å². The molecule has 27 heavy (non-hydrogen) atoms. The highest BCUT2D eigenvalue weighted by molar-refractivity contribution is 5.77. The van der Waals surface area contributed by atoms with E-state index in [4.69, 9.17) is 4.74 Å². The first-order chi connectivity index (χ1) is 13.2. The second-order valence-corrected chi connectivity index (χ2v) is 6.56. The van der Waals surface area contributed by atoms with Crippen molar-refractivity contribution in [1.29, 1.82) is 0 Å². The van der Waals surface area contributed by atoms with E-state index in [1.165, 1.54) is 0 Å². The lowest BCUT2D eigenvalue weighted by Gasteiger charge is -2.34. The van der Waals surface area contributed by atoms with Gasteiger partial charge in [0.1, 0.15) is 5.75 Å². The van der Waals surface area contributed by atoms with Gasteiger partial charge in [-0.1, -0.05) is 24.3 Å². The summed E-state index contributed by atoms with van der Waals surface area (Å²) in [6.45, 7) is 3.37. The Labute approximate surface area is 157 Å². The summed E-state index contributed by atoms with van der Waals surface area (Å²) < 4.78 is 5.15. The molecule has 1 aliphatic heterocycles. The number of methoxy groups -OCH3 is 1. The van der Waals surface area contributed by atoms with E-state index in [1.54, 1.807) is 7.11 Å². The number of carbonyl (C=O) groups excluding carboxylic acids is 1. The molecule has 0 atom stereocenters. The lowest BCUT2D eigenvalue weighted by molar-refractivity contribution is 0.193. The van der Waals surface area contributed by atoms with Crippen LogP contribution in [0.15, 0.2) is 48.5 Å². The first kappa shape index (κ1) is 17.2. The Balaban J connectivity index is 1.29. The smallest absolute Gasteiger partial charge is 0.317 e. The van der Waals surface area contributed by atoms with Crippen molar-refractivity contribution < 1.29 is 9.53 Å². The maximum Gasteiger partial charge on any atom is 0.317 e. The minimum Gasteiger partial charge on any atom is -0.497 e. The third-order valence-corrected chi connectivity index (χ3v) is 4.85. The number of para-hydroxylation sites is 2. The van der Waals surface area contributed by atoms with Crippen LogP contribution in [0.5, 0.6) is 5.75 Å². The molecule has 3 aromatic rings. The van der Waals surface area contributed by atoms with Crippen LogP contribution in [0.1, 0.15) is 5.56 Å². The average molecular weight is 365 g/mol. The highest BCUT2D eigenvalue weighted by atomic mass is 16.5. The van der Waals surface area contributed by atoms with E-state index < -0.39 is 0 Å². The van der Waals surface area contributed by atoms with Crippen LogP contribution in [0.3, 0.4) is 0 Å². The number of aromatic amines is 1. The topological polar surface area (TPSA) is 73.5 Å². The molecule has 0 aliphatic carbocycles. The van der Waals surface area contributed by atoms with E-state index in [0.717, 1.165) is 41.4 Å². The molecule has 7 nitrogen and oxygen atoms in total. The highest BCUT2D eigenvalue weighted by Crippen LogP contribution is 2.18. The number of nitrogens with one attached hydrogen (secondary N) is 2. The molecule has 1 fully saturated rings. The average Bonchev–Trinajstić information content (AvgIpc) is 3.17. The number of hydrogen-bond acceptors (Lipinski definition) is 4. The van der Waals surface area contributed by atoms with E-state index in [-0.39, 0.29) is 6.03 Å². The standard InChI is InChI=1S/C20H23N5O2/c1-27-16-8-6-15(7-9-16)14-21-20(26)25-12-10-24(11-13-25)19-22-17-4-2-3-5-18(17)23-19/h2-9H,10-14H2,1H3,(H,21,26)(H,22,23). The SMILES string of the molecule is COc1ccc(CNC(=O)N2CCN(c3nc4ccccc4[nH]3)CC2)cc1. The predicted molar refractivity (Wildman–Crippen MR) is 105 cm³/mol. The quantitative estimate of drug-likeness (QED) is 0.745. The number of urea groups is 1. The molecular weight excluding hydrogens is 342 g/mol. The number of H-pyrrole nitrogens is 1. The molecule has 7 heteroatoms. The lowest BCUT2D eigenvalue weighted by Crippen LogP contribution is -2.52. The fourth-order valence-corrected chi connectivity index (χ4v) is 3.24. The number of rotatable bonds is 4. The van der Waals surface area contributed by atoms with Crippen LogP contribution in [0.4, 0.5) is 10.7 Å². The number of anilines is 1. The number of piperazine rings is 1. The Morgan fingerprint density at radius 1 is 1.11 bits per heavy atom. The number of amides is 2. The van der Waals surface area contributed by atoms with Gasteiger partial charge in [-0.15, -0.1) is 0 Å². The molecule has 0 bridgehead atoms. The number of hydrogen-bond donors (Lipinski definition) is 2. The Bertz CT molecular complexity index is 881. The van der Waals surface area contributed by atoms with E-state index in [2.05, 4.69) is 20.2 Å². The zero-order valence-corrected chi connectivity index (χ0v) is 15.3. The molecule has 0 saturated carbocycles. The molecule has 2 aromatic carbocycles. The van der Waals surface area contributed by atoms with Gasteiger partial charge in [-0.2, -0.15) is 0 Å². The maximum atomic E-state index is 12.4. The Hall–Kier alpha value is -3.22. The number of benzene rings is 2. The second kappa shape index (κ2) is 7.57. The minimum atomic E-state index is -0.0323. The van der Waals surface area contributed by atoms with E-state index in [1.807, 2.05) is 53.4 Å². The van der Waals surface area contributed by atoms with Gasteiger partial charge in [-0.05, 0) is 29.8 Å². The molecule has 2 N–H and O–H groups in total. The van der Waals surface area contributed by atoms with Crippen molar-refractivity contribution in [3.05, 3.63) is 54.1 Å². The largest absolute Gasteiger partial charge is 0.497 e. The zero-order valence-electron chi connectivity index (χ0n) is 15.3. The molecule has 0 radical (unpaired) electrons. The molecule has 1 aliphatic rings. The van der Waals surface area contributed by atoms with Gasteiger partial charge in [0.05, 0.1) is 18.1 Å². The normalized spacial score (nSPS) is 14.4. The summed E-state index contributed by atoms with van der Waals surface area (Å²) in [6.07, 6.45) is 0. The van der Waals surface area contributed by atoms with Crippen LogP contribution >= 0.6 is 0 Å². The van der Waals surface area contributed by atoms with Crippen molar-refractivity contribution in [3.8, 4) is 5.75 Å². The van der Waals surface area contributed by atoms with Crippen molar-refractivity contribution >= 4 is 23.0 Å². The van der Waals surface area contributed by atoms with Crippen LogP contribution in [-0.2, 0) is 6.54 Å². The molecule has 2 heterocycles. The van der Waals surface area contributed by atoms with Gasteiger partial charge in [0.25, 0.3) is 0 Å². The van der Waals surface area contributed by atoms with Crippen molar-refractivity contribution in [2.24, 2.45) is 0 Å². The van der Waals surface area contributed by atoms with Gasteiger partial charge in [0.2, 0.25) is 5.95 Å². The first-order valence-corrected chi connectivity index (χ1v) is 9.08. The Morgan fingerprint density at radius 2 is 1.85 bits per heavy atom. The molecule has 0 unspecified atom stereocenters. The summed E-state index contributed by atoms with van der Waals surface area (Å²) >= 11 is 0. The fourth-order valence-electron chi connectivity index (χ4n) is 3.24. The third kappa shape index (κ3) is 3.81. The number of carbonyl (C=O) groups is 1. The van der Waals surface area contributed by atoms with Crippen molar-refractivity contribution in [1.82, 2.24) is 20.2 Å². The second-order valence-electron chi connectivity index (χ2n) is 6.56. The summed E-state index contributed by atoms with van der Waals surface area (Å²) in [4.78, 5) is 24.5. The van der Waals surface area contributed by atoms with Gasteiger partial charge in [0.15, 0.2) is 0 Å². The van der Waals surface area contributed by atoms with E-state index in [0.29, 0.717) is 19.6 Å². The molecule has 1 saturated heterocycles. The van der Waals surface area contributed by atoms with Crippen molar-refractivity contribution in [2.75, 3.05) is 38.2 Å². The van der Waals surface area contributed by atoms with Crippen LogP contribution in [-0.4, -0.2) is 54.2 Å². The number of aromatic nitrogens is 2. The van der Waals surface area contributed by atoms with Gasteiger partial charge in [-0.25, -0.2) is 9.78 Å². The van der Waals surface area contributed by atoms with Gasteiger partial charge in [0, 0.05) is 32.7 Å². The summed E-state index contributed by atoms with van der Waals surface area (Å²) in [5, 5.41) is 2.99. The summed E-state index contributed by atoms with van der Waals surface area (Å²) in [7, 11) is 1.64. The third-order valence-electron chi connectivity index (χ3n) is 4.85. The molecule has 2 amide bonds. The molecular formula is C20H23N5O2. The number of nitrogens with zero attached hydrogens (tertiary/aromatic N) is 3. The lowest BCUT2D eigenvalue weighted by atomic mass is 10.2. The molecule has 140 valence electrons. The molecule has 4 rings (SSSR count). The fraction of sp³-hybridized carbons (Fsp3) is 0.300. The predicted octanol–water partition coefficient (Wildman–Crippen LogP) is 2.60. The van der Waals surface area contributed by atoms with Crippen molar-refractivity contribution in [3.63, 3.8) is 0 Å². The van der Waals surface area contributed by atoms with Gasteiger partial charge >= 0.3 is 6.03 Å².